The van der Waals surface area contributed by atoms with Gasteiger partial charge in [0.25, 0.3) is 0 Å². The topological polar surface area (TPSA) is 106 Å². The Morgan fingerprint density at radius 2 is 1.30 bits per heavy atom. The summed E-state index contributed by atoms with van der Waals surface area (Å²) in [6.07, 6.45) is 23.4. The fourth-order valence-corrected chi connectivity index (χ4v) is 6.73. The summed E-state index contributed by atoms with van der Waals surface area (Å²) in [4.78, 5) is 40.5. The molecule has 3 unspecified atom stereocenters. The Morgan fingerprint density at radius 3 is 1.89 bits per heavy atom. The van der Waals surface area contributed by atoms with Gasteiger partial charge in [0.15, 0.2) is 5.79 Å². The molecule has 0 radical (unpaired) electrons. The third-order valence-electron chi connectivity index (χ3n) is 9.84. The van der Waals surface area contributed by atoms with Gasteiger partial charge < -0.3 is 29.7 Å². The van der Waals surface area contributed by atoms with E-state index in [2.05, 4.69) is 17.6 Å². The molecular formula is C38H71N3O6. The van der Waals surface area contributed by atoms with Crippen LogP contribution in [-0.4, -0.2) is 73.6 Å². The summed E-state index contributed by atoms with van der Waals surface area (Å²) in [5.41, 5.74) is -0.481. The molecule has 47 heavy (non-hydrogen) atoms. The van der Waals surface area contributed by atoms with Crippen molar-refractivity contribution >= 4 is 17.9 Å². The molecule has 0 aromatic rings. The zero-order chi connectivity index (χ0) is 34.5. The van der Waals surface area contributed by atoms with Gasteiger partial charge in [-0.2, -0.15) is 0 Å². The van der Waals surface area contributed by atoms with E-state index in [1.165, 1.54) is 83.5 Å². The third-order valence-corrected chi connectivity index (χ3v) is 9.84. The highest BCUT2D eigenvalue weighted by atomic mass is 16.7. The number of rotatable bonds is 22. The molecule has 9 nitrogen and oxygen atoms in total. The van der Waals surface area contributed by atoms with E-state index in [1.807, 2.05) is 20.9 Å². The molecule has 274 valence electrons. The molecule has 0 aromatic carbocycles. The minimum atomic E-state index is -0.838. The van der Waals surface area contributed by atoms with Crippen molar-refractivity contribution < 1.29 is 28.6 Å². The standard InChI is InChI=1S/C38H71N3O6/c1-7-8-9-10-11-12-13-14-15-16-17-18-19-20-24-28-40-36(44)41(6)31-25-22-21-23-26-32(31)46-33(42)27-29-39-35(43)34-37(2,3)30-45-38(4,5)47-34/h31-32,34H,7-30H2,1-6H3,(H,39,43)(H,40,44). The van der Waals surface area contributed by atoms with Gasteiger partial charge >= 0.3 is 12.0 Å². The molecule has 1 saturated carbocycles. The number of amides is 3. The largest absolute Gasteiger partial charge is 0.460 e. The van der Waals surface area contributed by atoms with E-state index < -0.39 is 17.3 Å². The number of hydrogen-bond donors (Lipinski definition) is 2. The van der Waals surface area contributed by atoms with Gasteiger partial charge in [-0.3, -0.25) is 9.59 Å². The van der Waals surface area contributed by atoms with E-state index in [0.29, 0.717) is 13.2 Å². The van der Waals surface area contributed by atoms with Gasteiger partial charge in [-0.15, -0.1) is 0 Å². The normalized spacial score (nSPS) is 22.2. The second-order valence-electron chi connectivity index (χ2n) is 15.2. The first-order chi connectivity index (χ1) is 22.5. The Labute approximate surface area is 287 Å². The van der Waals surface area contributed by atoms with Crippen molar-refractivity contribution in [2.24, 2.45) is 5.41 Å². The molecule has 2 fully saturated rings. The number of hydrogen-bond acceptors (Lipinski definition) is 6. The number of urea groups is 1. The van der Waals surface area contributed by atoms with Gasteiger partial charge in [-0.05, 0) is 39.5 Å². The molecule has 2 N–H and O–H groups in total. The number of carbonyl (C=O) groups is 3. The van der Waals surface area contributed by atoms with E-state index in [1.54, 1.807) is 18.7 Å². The minimum Gasteiger partial charge on any atom is -0.460 e. The van der Waals surface area contributed by atoms with Crippen molar-refractivity contribution in [2.75, 3.05) is 26.7 Å². The van der Waals surface area contributed by atoms with Gasteiger partial charge in [0, 0.05) is 25.6 Å². The highest BCUT2D eigenvalue weighted by Gasteiger charge is 2.45. The Bertz CT molecular complexity index is 895. The Hall–Kier alpha value is -1.87. The van der Waals surface area contributed by atoms with Crippen LogP contribution in [0.2, 0.25) is 0 Å². The van der Waals surface area contributed by atoms with Crippen LogP contribution in [0.5, 0.6) is 0 Å². The second-order valence-corrected chi connectivity index (χ2v) is 15.2. The number of esters is 1. The number of likely N-dealkylation sites (N-methyl/N-ethyl adjacent to an activating group) is 1. The lowest BCUT2D eigenvalue weighted by Gasteiger charge is -2.44. The maximum absolute atomic E-state index is 13.0. The zero-order valence-corrected chi connectivity index (χ0v) is 31.1. The number of unbranched alkanes of at least 4 members (excludes halogenated alkanes) is 14. The van der Waals surface area contributed by atoms with Crippen LogP contribution in [-0.2, 0) is 23.8 Å². The first-order valence-corrected chi connectivity index (χ1v) is 19.3. The van der Waals surface area contributed by atoms with E-state index in [4.69, 9.17) is 14.2 Å². The van der Waals surface area contributed by atoms with Gasteiger partial charge in [0.05, 0.1) is 19.1 Å². The lowest BCUT2D eigenvalue weighted by atomic mass is 9.85. The van der Waals surface area contributed by atoms with E-state index in [0.717, 1.165) is 44.9 Å². The predicted octanol–water partition coefficient (Wildman–Crippen LogP) is 8.43. The van der Waals surface area contributed by atoms with E-state index in [-0.39, 0.29) is 43.0 Å². The first-order valence-electron chi connectivity index (χ1n) is 19.3. The van der Waals surface area contributed by atoms with Crippen LogP contribution in [0.1, 0.15) is 169 Å². The molecular weight excluding hydrogens is 594 g/mol. The fourth-order valence-electron chi connectivity index (χ4n) is 6.73. The number of ether oxygens (including phenoxy) is 3. The molecule has 1 heterocycles. The molecule has 0 aromatic heterocycles. The van der Waals surface area contributed by atoms with Crippen molar-refractivity contribution in [3.63, 3.8) is 0 Å². The maximum Gasteiger partial charge on any atom is 0.317 e. The minimum absolute atomic E-state index is 0.0666. The smallest absolute Gasteiger partial charge is 0.317 e. The SMILES string of the molecule is CCCCCCCCCCCCCCCCCNC(=O)N(C)C1CCCCCC1OC(=O)CCNC(=O)C1OC(C)(C)OCC1(C)C. The molecule has 0 bridgehead atoms. The molecule has 1 aliphatic heterocycles. The summed E-state index contributed by atoms with van der Waals surface area (Å²) in [7, 11) is 1.82. The van der Waals surface area contributed by atoms with Crippen LogP contribution in [0.4, 0.5) is 4.79 Å². The van der Waals surface area contributed by atoms with Crippen molar-refractivity contribution in [1.82, 2.24) is 15.5 Å². The highest BCUT2D eigenvalue weighted by molar-refractivity contribution is 5.82. The van der Waals surface area contributed by atoms with Crippen molar-refractivity contribution in [3.8, 4) is 0 Å². The van der Waals surface area contributed by atoms with Crippen molar-refractivity contribution in [2.45, 2.75) is 193 Å². The molecule has 9 heteroatoms. The molecule has 3 amide bonds. The number of nitrogens with one attached hydrogen (secondary N) is 2. The quantitative estimate of drug-likeness (QED) is 0.0683. The lowest BCUT2D eigenvalue weighted by Crippen LogP contribution is -2.56. The number of carbonyl (C=O) groups excluding carboxylic acids is 3. The maximum atomic E-state index is 13.0. The van der Waals surface area contributed by atoms with E-state index in [9.17, 15) is 14.4 Å². The van der Waals surface area contributed by atoms with Gasteiger partial charge in [-0.25, -0.2) is 4.79 Å². The second kappa shape index (κ2) is 22.7. The first kappa shape index (κ1) is 41.3. The van der Waals surface area contributed by atoms with Crippen molar-refractivity contribution in [3.05, 3.63) is 0 Å². The van der Waals surface area contributed by atoms with Crippen LogP contribution in [0, 0.1) is 5.41 Å². The predicted molar refractivity (Wildman–Crippen MR) is 189 cm³/mol. The Morgan fingerprint density at radius 1 is 0.745 bits per heavy atom. The lowest BCUT2D eigenvalue weighted by molar-refractivity contribution is -0.304. The molecule has 0 spiro atoms. The molecule has 2 rings (SSSR count). The summed E-state index contributed by atoms with van der Waals surface area (Å²) in [6, 6.07) is -0.256. The van der Waals surface area contributed by atoms with Crippen LogP contribution >= 0.6 is 0 Å². The van der Waals surface area contributed by atoms with Crippen LogP contribution in [0.25, 0.3) is 0 Å². The summed E-state index contributed by atoms with van der Waals surface area (Å²) in [5.74, 6) is -1.45. The Balaban J connectivity index is 1.60. The van der Waals surface area contributed by atoms with Crippen LogP contribution < -0.4 is 10.6 Å². The van der Waals surface area contributed by atoms with E-state index >= 15 is 0 Å². The fraction of sp³-hybridized carbons (Fsp3) is 0.921. The van der Waals surface area contributed by atoms with Crippen LogP contribution in [0.3, 0.4) is 0 Å². The molecule has 3 atom stereocenters. The Kier molecular flexibility index (Phi) is 20.0. The molecule has 1 saturated heterocycles. The number of nitrogens with zero attached hydrogens (tertiary/aromatic N) is 1. The van der Waals surface area contributed by atoms with Gasteiger partial charge in [-0.1, -0.05) is 124 Å². The van der Waals surface area contributed by atoms with Crippen molar-refractivity contribution in [1.29, 1.82) is 0 Å². The zero-order valence-electron chi connectivity index (χ0n) is 31.1. The monoisotopic (exact) mass is 666 g/mol. The van der Waals surface area contributed by atoms with Crippen LogP contribution in [0.15, 0.2) is 0 Å². The molecule has 2 aliphatic rings. The summed E-state index contributed by atoms with van der Waals surface area (Å²) >= 11 is 0. The third kappa shape index (κ3) is 16.9. The average Bonchev–Trinajstić information content (AvgIpc) is 3.26. The summed E-state index contributed by atoms with van der Waals surface area (Å²) < 4.78 is 17.5. The summed E-state index contributed by atoms with van der Waals surface area (Å²) in [5, 5.41) is 5.94. The van der Waals surface area contributed by atoms with Gasteiger partial charge in [0.1, 0.15) is 12.2 Å². The average molecular weight is 666 g/mol. The summed E-state index contributed by atoms with van der Waals surface area (Å²) in [6.45, 7) is 11.0. The van der Waals surface area contributed by atoms with Gasteiger partial charge in [0.2, 0.25) is 5.91 Å². The molecule has 1 aliphatic carbocycles. The highest BCUT2D eigenvalue weighted by Crippen LogP contribution is 2.35.